The van der Waals surface area contributed by atoms with Crippen LogP contribution in [-0.2, 0) is 4.79 Å². The highest BCUT2D eigenvalue weighted by Gasteiger charge is 2.30. The lowest BCUT2D eigenvalue weighted by Gasteiger charge is -2.25. The van der Waals surface area contributed by atoms with Crippen molar-refractivity contribution >= 4 is 17.8 Å². The highest BCUT2D eigenvalue weighted by molar-refractivity contribution is 6.05. The first-order chi connectivity index (χ1) is 9.69. The van der Waals surface area contributed by atoms with E-state index in [0.717, 1.165) is 0 Å². The fraction of sp³-hybridized carbons (Fsp3) is 0.333. The molecule has 1 heterocycles. The van der Waals surface area contributed by atoms with Crippen LogP contribution in [0.2, 0.25) is 0 Å². The molecule has 0 bridgehead atoms. The molecule has 0 aliphatic carbocycles. The number of amidine groups is 1. The van der Waals surface area contributed by atoms with Crippen LogP contribution in [-0.4, -0.2) is 30.1 Å². The fourth-order valence-electron chi connectivity index (χ4n) is 2.02. The number of benzene rings is 1. The van der Waals surface area contributed by atoms with Gasteiger partial charge >= 0.3 is 0 Å². The summed E-state index contributed by atoms with van der Waals surface area (Å²) in [5, 5.41) is 11.1. The quantitative estimate of drug-likeness (QED) is 0.302. The molecule has 0 aromatic heterocycles. The third-order valence-electron chi connectivity index (χ3n) is 2.96. The van der Waals surface area contributed by atoms with Crippen LogP contribution in [0.15, 0.2) is 23.2 Å². The van der Waals surface area contributed by atoms with Crippen molar-refractivity contribution in [1.82, 2.24) is 10.9 Å². The Morgan fingerprint density at radius 3 is 2.95 bits per heavy atom. The number of hydrazine groups is 1. The molecule has 4 N–H and O–H groups in total. The van der Waals surface area contributed by atoms with E-state index in [9.17, 15) is 14.9 Å². The average molecular weight is 277 g/mol. The van der Waals surface area contributed by atoms with Crippen LogP contribution in [0.5, 0.6) is 0 Å². The maximum atomic E-state index is 11.1. The van der Waals surface area contributed by atoms with Crippen molar-refractivity contribution in [3.05, 3.63) is 39.4 Å². The van der Waals surface area contributed by atoms with Crippen molar-refractivity contribution < 1.29 is 9.72 Å². The lowest BCUT2D eigenvalue weighted by Crippen LogP contribution is -2.46. The Morgan fingerprint density at radius 1 is 1.50 bits per heavy atom. The van der Waals surface area contributed by atoms with Crippen LogP contribution in [0.3, 0.4) is 0 Å². The zero-order valence-electron chi connectivity index (χ0n) is 10.7. The molecule has 1 unspecified atom stereocenters. The lowest BCUT2D eigenvalue weighted by molar-refractivity contribution is -0.385. The smallest absolute Gasteiger partial charge is 0.280 e. The van der Waals surface area contributed by atoms with Gasteiger partial charge in [0, 0.05) is 12.6 Å². The van der Waals surface area contributed by atoms with E-state index in [0.29, 0.717) is 42.8 Å². The second-order valence-electron chi connectivity index (χ2n) is 4.25. The van der Waals surface area contributed by atoms with Gasteiger partial charge in [-0.05, 0) is 18.5 Å². The summed E-state index contributed by atoms with van der Waals surface area (Å²) in [6, 6.07) is 3.98. The third-order valence-corrected chi connectivity index (χ3v) is 2.96. The van der Waals surface area contributed by atoms with Crippen molar-refractivity contribution in [3.63, 3.8) is 0 Å². The van der Waals surface area contributed by atoms with E-state index in [2.05, 4.69) is 15.8 Å². The first-order valence-electron chi connectivity index (χ1n) is 6.18. The summed E-state index contributed by atoms with van der Waals surface area (Å²) in [7, 11) is 0. The number of hydrogen-bond donors (Lipinski definition) is 3. The van der Waals surface area contributed by atoms with Crippen molar-refractivity contribution in [1.29, 1.82) is 0 Å². The fourth-order valence-corrected chi connectivity index (χ4v) is 2.02. The minimum Gasteiger partial charge on any atom is -0.330 e. The SMILES string of the molecule is NCCCN=C1NNC(C=O)c2cccc([N+](=O)[O-])c21. The summed E-state index contributed by atoms with van der Waals surface area (Å²) in [5.74, 6) is 0.360. The summed E-state index contributed by atoms with van der Waals surface area (Å²) < 4.78 is 0. The molecular formula is C12H15N5O3. The number of fused-ring (bicyclic) bond motifs is 1. The molecule has 0 spiro atoms. The summed E-state index contributed by atoms with van der Waals surface area (Å²) in [6.07, 6.45) is 1.37. The first-order valence-corrected chi connectivity index (χ1v) is 6.18. The molecule has 0 fully saturated rings. The van der Waals surface area contributed by atoms with Crippen LogP contribution < -0.4 is 16.6 Å². The predicted molar refractivity (Wildman–Crippen MR) is 73.2 cm³/mol. The van der Waals surface area contributed by atoms with Crippen LogP contribution in [0.4, 0.5) is 5.69 Å². The highest BCUT2D eigenvalue weighted by Crippen LogP contribution is 2.28. The Labute approximate surface area is 115 Å². The molecule has 20 heavy (non-hydrogen) atoms. The van der Waals surface area contributed by atoms with Gasteiger partial charge in [0.05, 0.1) is 4.92 Å². The zero-order chi connectivity index (χ0) is 14.5. The maximum absolute atomic E-state index is 11.1. The first kappa shape index (κ1) is 14.1. The van der Waals surface area contributed by atoms with Crippen LogP contribution in [0.25, 0.3) is 0 Å². The summed E-state index contributed by atoms with van der Waals surface area (Å²) in [4.78, 5) is 26.0. The number of carbonyl (C=O) groups excluding carboxylic acids is 1. The number of aldehydes is 1. The maximum Gasteiger partial charge on any atom is 0.280 e. The van der Waals surface area contributed by atoms with Crippen molar-refractivity contribution in [3.8, 4) is 0 Å². The zero-order valence-corrected chi connectivity index (χ0v) is 10.7. The number of nitro benzene ring substituents is 1. The molecule has 8 heteroatoms. The normalized spacial score (nSPS) is 19.2. The standard InChI is InChI=1S/C12H15N5O3/c13-5-2-6-14-12-11-8(9(7-18)15-16-12)3-1-4-10(11)17(19)20/h1,3-4,7,9,15H,2,5-6,13H2,(H,14,16). The number of nitrogens with zero attached hydrogens (tertiary/aromatic N) is 2. The number of nitrogens with two attached hydrogens (primary N) is 1. The van der Waals surface area contributed by atoms with Crippen molar-refractivity contribution in [2.75, 3.05) is 13.1 Å². The van der Waals surface area contributed by atoms with Gasteiger partial charge in [0.15, 0.2) is 0 Å². The molecule has 0 saturated heterocycles. The summed E-state index contributed by atoms with van der Waals surface area (Å²) >= 11 is 0. The molecule has 1 aliphatic rings. The second kappa shape index (κ2) is 6.22. The number of nitrogens with one attached hydrogen (secondary N) is 2. The lowest BCUT2D eigenvalue weighted by atomic mass is 9.97. The van der Waals surface area contributed by atoms with Crippen LogP contribution in [0, 0.1) is 10.1 Å². The minimum atomic E-state index is -0.640. The molecule has 8 nitrogen and oxygen atoms in total. The van der Waals surface area contributed by atoms with Gasteiger partial charge in [-0.15, -0.1) is 0 Å². The molecule has 1 aromatic carbocycles. The van der Waals surface area contributed by atoms with Gasteiger partial charge in [0.1, 0.15) is 23.7 Å². The van der Waals surface area contributed by atoms with Gasteiger partial charge < -0.3 is 16.0 Å². The number of hydrogen-bond acceptors (Lipinski definition) is 6. The largest absolute Gasteiger partial charge is 0.330 e. The topological polar surface area (TPSA) is 123 Å². The molecule has 0 amide bonds. The van der Waals surface area contributed by atoms with Gasteiger partial charge in [0.2, 0.25) is 0 Å². The second-order valence-corrected chi connectivity index (χ2v) is 4.25. The highest BCUT2D eigenvalue weighted by atomic mass is 16.6. The average Bonchev–Trinajstić information content (AvgIpc) is 2.46. The Morgan fingerprint density at radius 2 is 2.30 bits per heavy atom. The van der Waals surface area contributed by atoms with Crippen LogP contribution in [0.1, 0.15) is 23.6 Å². The molecule has 2 rings (SSSR count). The molecule has 1 atom stereocenters. The van der Waals surface area contributed by atoms with Gasteiger partial charge in [0.25, 0.3) is 5.69 Å². The Balaban J connectivity index is 2.50. The van der Waals surface area contributed by atoms with E-state index in [4.69, 9.17) is 5.73 Å². The molecular weight excluding hydrogens is 262 g/mol. The van der Waals surface area contributed by atoms with Gasteiger partial charge in [-0.25, -0.2) is 5.43 Å². The molecule has 1 aliphatic heterocycles. The Bertz CT molecular complexity index is 558. The number of carbonyl (C=O) groups is 1. The molecule has 106 valence electrons. The predicted octanol–water partition coefficient (Wildman–Crippen LogP) is 0.0380. The Hall–Kier alpha value is -2.32. The van der Waals surface area contributed by atoms with Crippen LogP contribution >= 0.6 is 0 Å². The van der Waals surface area contributed by atoms with Crippen molar-refractivity contribution in [2.45, 2.75) is 12.5 Å². The number of aliphatic imine (C=N–C) groups is 1. The van der Waals surface area contributed by atoms with Crippen molar-refractivity contribution in [2.24, 2.45) is 10.7 Å². The van der Waals surface area contributed by atoms with E-state index in [1.54, 1.807) is 12.1 Å². The summed E-state index contributed by atoms with van der Waals surface area (Å²) in [5.41, 5.74) is 11.7. The Kier molecular flexibility index (Phi) is 4.38. The molecule has 0 saturated carbocycles. The molecule has 1 aromatic rings. The van der Waals surface area contributed by atoms with E-state index in [1.165, 1.54) is 6.07 Å². The van der Waals surface area contributed by atoms with E-state index < -0.39 is 11.0 Å². The van der Waals surface area contributed by atoms with Gasteiger partial charge in [-0.2, -0.15) is 0 Å². The van der Waals surface area contributed by atoms with E-state index >= 15 is 0 Å². The van der Waals surface area contributed by atoms with E-state index in [-0.39, 0.29) is 5.69 Å². The van der Waals surface area contributed by atoms with Gasteiger partial charge in [-0.1, -0.05) is 12.1 Å². The van der Waals surface area contributed by atoms with E-state index in [1.807, 2.05) is 0 Å². The monoisotopic (exact) mass is 277 g/mol. The number of rotatable bonds is 5. The summed E-state index contributed by atoms with van der Waals surface area (Å²) in [6.45, 7) is 0.947. The number of nitro groups is 1. The third kappa shape index (κ3) is 2.65. The van der Waals surface area contributed by atoms with Gasteiger partial charge in [-0.3, -0.25) is 15.1 Å². The molecule has 0 radical (unpaired) electrons. The minimum absolute atomic E-state index is 0.0742.